The van der Waals surface area contributed by atoms with Gasteiger partial charge in [0.1, 0.15) is 17.2 Å². The molecule has 43 heavy (non-hydrogen) atoms. The Kier molecular flexibility index (Phi) is 8.35. The molecular formula is C31H30F4N2O6. The average Bonchev–Trinajstić information content (AvgIpc) is 3.23. The van der Waals surface area contributed by atoms with E-state index in [2.05, 4.69) is 4.74 Å². The third kappa shape index (κ3) is 6.85. The highest BCUT2D eigenvalue weighted by Gasteiger charge is 2.34. The molecule has 0 aliphatic carbocycles. The van der Waals surface area contributed by atoms with Crippen molar-refractivity contribution in [3.63, 3.8) is 0 Å². The molecule has 8 nitrogen and oxygen atoms in total. The zero-order valence-electron chi connectivity index (χ0n) is 24.2. The Morgan fingerprint density at radius 2 is 1.49 bits per heavy atom. The third-order valence-corrected chi connectivity index (χ3v) is 6.23. The minimum absolute atomic E-state index is 0.0724. The van der Waals surface area contributed by atoms with E-state index in [4.69, 9.17) is 9.47 Å². The van der Waals surface area contributed by atoms with Crippen molar-refractivity contribution in [1.82, 2.24) is 4.57 Å². The van der Waals surface area contributed by atoms with Crippen LogP contribution in [0, 0.1) is 11.2 Å². The molecule has 1 N–H and O–H groups in total. The van der Waals surface area contributed by atoms with Gasteiger partial charge < -0.3 is 28.8 Å². The standard InChI is InChI=1S/C31H30F4N2O6/c1-17(2)41-19-9-7-18(8-10-19)37-24-13-11-20(42-21-12-14-25(23(32)16-21)43-31(33,34)35)15-22(24)26(27(37)28(38)39)36(6)29(40)30(3,4)5/h7-17H,1-6H3,(H,38,39). The van der Waals surface area contributed by atoms with E-state index < -0.39 is 29.3 Å². The number of aromatic nitrogens is 1. The summed E-state index contributed by atoms with van der Waals surface area (Å²) in [7, 11) is 1.47. The predicted octanol–water partition coefficient (Wildman–Crippen LogP) is 7.95. The molecule has 3 aromatic carbocycles. The highest BCUT2D eigenvalue weighted by molar-refractivity contribution is 6.13. The quantitative estimate of drug-likeness (QED) is 0.206. The number of carbonyl (C=O) groups is 2. The van der Waals surface area contributed by atoms with Crippen LogP contribution in [0.5, 0.6) is 23.0 Å². The van der Waals surface area contributed by atoms with Crippen LogP contribution in [0.2, 0.25) is 0 Å². The van der Waals surface area contributed by atoms with Crippen molar-refractivity contribution in [3.8, 4) is 28.7 Å². The van der Waals surface area contributed by atoms with Gasteiger partial charge in [0.05, 0.1) is 17.3 Å². The van der Waals surface area contributed by atoms with Gasteiger partial charge in [0.15, 0.2) is 17.3 Å². The zero-order chi connectivity index (χ0) is 31.9. The number of alkyl halides is 3. The molecule has 0 bridgehead atoms. The molecule has 0 saturated heterocycles. The van der Waals surface area contributed by atoms with Crippen LogP contribution < -0.4 is 19.1 Å². The maximum absolute atomic E-state index is 14.3. The molecule has 1 amide bonds. The van der Waals surface area contributed by atoms with Crippen molar-refractivity contribution in [2.24, 2.45) is 5.41 Å². The lowest BCUT2D eigenvalue weighted by molar-refractivity contribution is -0.275. The predicted molar refractivity (Wildman–Crippen MR) is 152 cm³/mol. The van der Waals surface area contributed by atoms with Crippen molar-refractivity contribution in [2.45, 2.75) is 47.1 Å². The minimum atomic E-state index is -5.07. The fourth-order valence-corrected chi connectivity index (χ4v) is 4.56. The van der Waals surface area contributed by atoms with Crippen LogP contribution in [0.4, 0.5) is 23.2 Å². The summed E-state index contributed by atoms with van der Waals surface area (Å²) in [6.45, 7) is 8.86. The smallest absolute Gasteiger partial charge is 0.491 e. The number of rotatable bonds is 8. The molecule has 4 rings (SSSR count). The van der Waals surface area contributed by atoms with Gasteiger partial charge in [-0.3, -0.25) is 4.79 Å². The summed E-state index contributed by atoms with van der Waals surface area (Å²) in [6, 6.07) is 13.9. The van der Waals surface area contributed by atoms with Gasteiger partial charge in [-0.1, -0.05) is 20.8 Å². The molecule has 4 aromatic rings. The zero-order valence-corrected chi connectivity index (χ0v) is 24.2. The number of aromatic carboxylic acids is 1. The number of benzene rings is 3. The summed E-state index contributed by atoms with van der Waals surface area (Å²) in [5.74, 6) is -3.41. The monoisotopic (exact) mass is 602 g/mol. The van der Waals surface area contributed by atoms with Crippen LogP contribution in [0.15, 0.2) is 60.7 Å². The molecule has 0 aliphatic rings. The Labute approximate surface area is 245 Å². The second-order valence-corrected chi connectivity index (χ2v) is 11.0. The Morgan fingerprint density at radius 1 is 0.907 bits per heavy atom. The molecule has 0 atom stereocenters. The number of carbonyl (C=O) groups excluding carboxylic acids is 1. The van der Waals surface area contributed by atoms with Gasteiger partial charge in [-0.25, -0.2) is 9.18 Å². The SMILES string of the molecule is CC(C)Oc1ccc(-n2c(C(=O)O)c(N(C)C(=O)C(C)(C)C)c3cc(Oc4ccc(OC(F)(F)F)c(F)c4)ccc32)cc1. The largest absolute Gasteiger partial charge is 0.573 e. The summed E-state index contributed by atoms with van der Waals surface area (Å²) < 4.78 is 68.5. The lowest BCUT2D eigenvalue weighted by Crippen LogP contribution is -2.37. The topological polar surface area (TPSA) is 90.2 Å². The number of hydrogen-bond donors (Lipinski definition) is 1. The Bertz CT molecular complexity index is 1670. The van der Waals surface area contributed by atoms with Crippen LogP contribution in [0.25, 0.3) is 16.6 Å². The van der Waals surface area contributed by atoms with Crippen molar-refractivity contribution in [2.75, 3.05) is 11.9 Å². The molecule has 0 unspecified atom stereocenters. The summed E-state index contributed by atoms with van der Waals surface area (Å²) in [4.78, 5) is 27.4. The van der Waals surface area contributed by atoms with Crippen LogP contribution in [0.3, 0.4) is 0 Å². The molecular weight excluding hydrogens is 572 g/mol. The van der Waals surface area contributed by atoms with E-state index in [1.807, 2.05) is 13.8 Å². The Morgan fingerprint density at radius 3 is 2.02 bits per heavy atom. The van der Waals surface area contributed by atoms with Gasteiger partial charge >= 0.3 is 12.3 Å². The van der Waals surface area contributed by atoms with Crippen molar-refractivity contribution in [1.29, 1.82) is 0 Å². The van der Waals surface area contributed by atoms with E-state index >= 15 is 0 Å². The van der Waals surface area contributed by atoms with Crippen LogP contribution in [-0.2, 0) is 4.79 Å². The first-order valence-electron chi connectivity index (χ1n) is 13.2. The Balaban J connectivity index is 1.88. The van der Waals surface area contributed by atoms with Crippen molar-refractivity contribution in [3.05, 3.63) is 72.2 Å². The summed E-state index contributed by atoms with van der Waals surface area (Å²) in [5.41, 5.74) is -0.0519. The van der Waals surface area contributed by atoms with Crippen molar-refractivity contribution < 1.29 is 46.5 Å². The first-order chi connectivity index (χ1) is 20.0. The fourth-order valence-electron chi connectivity index (χ4n) is 4.56. The van der Waals surface area contributed by atoms with E-state index in [0.29, 0.717) is 22.3 Å². The molecule has 0 saturated carbocycles. The normalized spacial score (nSPS) is 12.0. The number of amides is 1. The first kappa shape index (κ1) is 31.2. The van der Waals surface area contributed by atoms with E-state index in [9.17, 15) is 32.3 Å². The van der Waals surface area contributed by atoms with E-state index in [0.717, 1.165) is 18.2 Å². The highest BCUT2D eigenvalue weighted by atomic mass is 19.4. The lowest BCUT2D eigenvalue weighted by atomic mass is 9.94. The van der Waals surface area contributed by atoms with Crippen LogP contribution in [0.1, 0.15) is 45.1 Å². The summed E-state index contributed by atoms with van der Waals surface area (Å²) in [6.07, 6.45) is -5.14. The molecule has 0 radical (unpaired) electrons. The van der Waals surface area contributed by atoms with Crippen molar-refractivity contribution >= 4 is 28.5 Å². The second-order valence-electron chi connectivity index (χ2n) is 11.0. The molecule has 0 spiro atoms. The number of nitrogens with zero attached hydrogens (tertiary/aromatic N) is 2. The Hall–Kier alpha value is -4.74. The van der Waals surface area contributed by atoms with Gasteiger partial charge in [-0.15, -0.1) is 13.2 Å². The second kappa shape index (κ2) is 11.5. The summed E-state index contributed by atoms with van der Waals surface area (Å²) in [5, 5.41) is 10.7. The van der Waals surface area contributed by atoms with Gasteiger partial charge in [-0.2, -0.15) is 0 Å². The highest BCUT2D eigenvalue weighted by Crippen LogP contribution is 2.41. The number of carboxylic acids is 1. The van der Waals surface area contributed by atoms with E-state index in [-0.39, 0.29) is 34.9 Å². The van der Waals surface area contributed by atoms with Gasteiger partial charge in [-0.05, 0) is 68.4 Å². The third-order valence-electron chi connectivity index (χ3n) is 6.23. The fraction of sp³-hybridized carbons (Fsp3) is 0.290. The maximum atomic E-state index is 14.3. The number of carboxylic acid groups (broad SMARTS) is 1. The van der Waals surface area contributed by atoms with E-state index in [1.54, 1.807) is 51.1 Å². The molecule has 228 valence electrons. The van der Waals surface area contributed by atoms with Crippen LogP contribution in [-0.4, -0.2) is 41.1 Å². The minimum Gasteiger partial charge on any atom is -0.491 e. The number of halogens is 4. The first-order valence-corrected chi connectivity index (χ1v) is 13.2. The number of anilines is 1. The number of hydrogen-bond acceptors (Lipinski definition) is 5. The molecule has 1 heterocycles. The molecule has 0 fully saturated rings. The molecule has 0 aliphatic heterocycles. The summed E-state index contributed by atoms with van der Waals surface area (Å²) >= 11 is 0. The van der Waals surface area contributed by atoms with Gasteiger partial charge in [0.25, 0.3) is 0 Å². The van der Waals surface area contributed by atoms with Crippen LogP contribution >= 0.6 is 0 Å². The van der Waals surface area contributed by atoms with Gasteiger partial charge in [0.2, 0.25) is 5.91 Å². The van der Waals surface area contributed by atoms with Gasteiger partial charge in [0, 0.05) is 29.6 Å². The lowest BCUT2D eigenvalue weighted by Gasteiger charge is -2.26. The molecule has 1 aromatic heterocycles. The number of fused-ring (bicyclic) bond motifs is 1. The van der Waals surface area contributed by atoms with E-state index in [1.165, 1.54) is 28.6 Å². The molecule has 12 heteroatoms. The average molecular weight is 603 g/mol. The number of ether oxygens (including phenoxy) is 3. The maximum Gasteiger partial charge on any atom is 0.573 e.